The summed E-state index contributed by atoms with van der Waals surface area (Å²) in [6, 6.07) is 5.17. The average Bonchev–Trinajstić information content (AvgIpc) is 2.63. The van der Waals surface area contributed by atoms with E-state index in [9.17, 15) is 8.42 Å². The normalized spacial score (nSPS) is 11.5. The Morgan fingerprint density at radius 3 is 2.43 bits per heavy atom. The lowest BCUT2D eigenvalue weighted by Crippen LogP contribution is -2.17. The highest BCUT2D eigenvalue weighted by Crippen LogP contribution is 2.22. The van der Waals surface area contributed by atoms with E-state index in [0.717, 1.165) is 0 Å². The number of sulfonamides is 1. The zero-order valence-corrected chi connectivity index (χ0v) is 13.6. The summed E-state index contributed by atoms with van der Waals surface area (Å²) in [5.41, 5.74) is 1.05. The van der Waals surface area contributed by atoms with E-state index in [1.807, 2.05) is 14.1 Å². The van der Waals surface area contributed by atoms with Gasteiger partial charge in [0, 0.05) is 21.1 Å². The first-order valence-corrected chi connectivity index (χ1v) is 7.88. The van der Waals surface area contributed by atoms with Crippen LogP contribution in [0.5, 0.6) is 0 Å². The zero-order valence-electron chi connectivity index (χ0n) is 12.7. The lowest BCUT2D eigenvalue weighted by atomic mass is 10.4. The topological polar surface area (TPSA) is 80.1 Å². The molecule has 7 nitrogen and oxygen atoms in total. The van der Waals surface area contributed by atoms with Gasteiger partial charge in [-0.3, -0.25) is 9.40 Å². The molecule has 0 fully saturated rings. The van der Waals surface area contributed by atoms with Crippen LogP contribution in [-0.4, -0.2) is 37.3 Å². The molecule has 2 heterocycles. The van der Waals surface area contributed by atoms with Crippen molar-refractivity contribution in [3.8, 4) is 0 Å². The molecular weight excluding hydrogens is 290 g/mol. The van der Waals surface area contributed by atoms with Crippen LogP contribution in [0.25, 0.3) is 0 Å². The Morgan fingerprint density at radius 1 is 1.24 bits per heavy atom. The second-order valence-corrected chi connectivity index (χ2v) is 6.62. The Bertz CT molecular complexity index is 765. The lowest BCUT2D eigenvalue weighted by Gasteiger charge is -2.13. The first-order chi connectivity index (χ1) is 9.72. The first-order valence-electron chi connectivity index (χ1n) is 6.40. The molecule has 0 aliphatic heterocycles. The van der Waals surface area contributed by atoms with Gasteiger partial charge < -0.3 is 4.90 Å². The minimum atomic E-state index is -3.71. The maximum Gasteiger partial charge on any atom is 0.266 e. The summed E-state index contributed by atoms with van der Waals surface area (Å²) in [6.07, 6.45) is 0. The van der Waals surface area contributed by atoms with E-state index in [2.05, 4.69) is 14.8 Å². The highest BCUT2D eigenvalue weighted by Gasteiger charge is 2.24. The maximum absolute atomic E-state index is 12.5. The lowest BCUT2D eigenvalue weighted by molar-refractivity contribution is 0.599. The summed E-state index contributed by atoms with van der Waals surface area (Å²) in [6.45, 7) is 3.39. The van der Waals surface area contributed by atoms with Crippen molar-refractivity contribution in [2.24, 2.45) is 7.05 Å². The van der Waals surface area contributed by atoms with Crippen molar-refractivity contribution < 1.29 is 8.42 Å². The number of pyridine rings is 1. The molecule has 0 aromatic carbocycles. The molecule has 0 saturated heterocycles. The van der Waals surface area contributed by atoms with Crippen LogP contribution in [-0.2, 0) is 17.1 Å². The maximum atomic E-state index is 12.5. The molecule has 8 heteroatoms. The molecule has 0 unspecified atom stereocenters. The van der Waals surface area contributed by atoms with E-state index in [4.69, 9.17) is 0 Å². The van der Waals surface area contributed by atoms with Crippen molar-refractivity contribution in [3.63, 3.8) is 0 Å². The molecular formula is C13H19N5O2S. The second kappa shape index (κ2) is 5.36. The van der Waals surface area contributed by atoms with E-state index >= 15 is 0 Å². The summed E-state index contributed by atoms with van der Waals surface area (Å²) in [4.78, 5) is 6.26. The standard InChI is InChI=1S/C13H19N5O2S/c1-9-13(10(2)18(5)15-9)21(19,20)16-11-7-6-8-12(14-11)17(3)4/h6-8H,1-5H3,(H,14,16). The number of anilines is 2. The van der Waals surface area contributed by atoms with Gasteiger partial charge in [-0.2, -0.15) is 5.10 Å². The van der Waals surface area contributed by atoms with Crippen LogP contribution in [0.1, 0.15) is 11.4 Å². The molecule has 0 aliphatic carbocycles. The Kier molecular flexibility index (Phi) is 3.91. The first kappa shape index (κ1) is 15.3. The Hall–Kier alpha value is -2.09. The molecule has 0 aliphatic rings. The van der Waals surface area contributed by atoms with Crippen molar-refractivity contribution in [3.05, 3.63) is 29.6 Å². The predicted molar refractivity (Wildman–Crippen MR) is 82.1 cm³/mol. The van der Waals surface area contributed by atoms with Gasteiger partial charge in [-0.15, -0.1) is 0 Å². The summed E-state index contributed by atoms with van der Waals surface area (Å²) in [7, 11) is 1.69. The molecule has 2 rings (SSSR count). The molecule has 0 amide bonds. The third-order valence-electron chi connectivity index (χ3n) is 3.14. The van der Waals surface area contributed by atoms with E-state index in [-0.39, 0.29) is 10.7 Å². The van der Waals surface area contributed by atoms with E-state index in [1.54, 1.807) is 48.7 Å². The zero-order chi connectivity index (χ0) is 15.8. The number of hydrogen-bond acceptors (Lipinski definition) is 5. The number of rotatable bonds is 4. The van der Waals surface area contributed by atoms with Gasteiger partial charge >= 0.3 is 0 Å². The molecule has 0 bridgehead atoms. The SMILES string of the molecule is Cc1nn(C)c(C)c1S(=O)(=O)Nc1cccc(N(C)C)n1. The largest absolute Gasteiger partial charge is 0.363 e. The highest BCUT2D eigenvalue weighted by atomic mass is 32.2. The van der Waals surface area contributed by atoms with Crippen LogP contribution in [0.3, 0.4) is 0 Å². The molecule has 114 valence electrons. The summed E-state index contributed by atoms with van der Waals surface area (Å²) in [5.74, 6) is 0.957. The van der Waals surface area contributed by atoms with Crippen LogP contribution in [0, 0.1) is 13.8 Å². The van der Waals surface area contributed by atoms with Gasteiger partial charge in [-0.25, -0.2) is 13.4 Å². The van der Waals surface area contributed by atoms with Crippen molar-refractivity contribution in [1.82, 2.24) is 14.8 Å². The van der Waals surface area contributed by atoms with Crippen LogP contribution < -0.4 is 9.62 Å². The molecule has 0 spiro atoms. The number of nitrogens with zero attached hydrogens (tertiary/aromatic N) is 4. The molecule has 0 atom stereocenters. The van der Waals surface area contributed by atoms with Crippen LogP contribution in [0.4, 0.5) is 11.6 Å². The van der Waals surface area contributed by atoms with Crippen molar-refractivity contribution in [2.45, 2.75) is 18.7 Å². The van der Waals surface area contributed by atoms with Crippen LogP contribution in [0.15, 0.2) is 23.1 Å². The molecule has 21 heavy (non-hydrogen) atoms. The summed E-state index contributed by atoms with van der Waals surface area (Å²) >= 11 is 0. The van der Waals surface area contributed by atoms with Gasteiger partial charge in [-0.05, 0) is 26.0 Å². The molecule has 1 N–H and O–H groups in total. The van der Waals surface area contributed by atoms with Gasteiger partial charge in [0.15, 0.2) is 0 Å². The fraction of sp³-hybridized carbons (Fsp3) is 0.385. The third-order valence-corrected chi connectivity index (χ3v) is 4.75. The smallest absolute Gasteiger partial charge is 0.266 e. The minimum absolute atomic E-state index is 0.196. The van der Waals surface area contributed by atoms with Gasteiger partial charge in [0.1, 0.15) is 16.5 Å². The molecule has 2 aromatic heterocycles. The van der Waals surface area contributed by atoms with Gasteiger partial charge in [0.2, 0.25) is 0 Å². The molecule has 2 aromatic rings. The van der Waals surface area contributed by atoms with Gasteiger partial charge in [-0.1, -0.05) is 6.07 Å². The predicted octanol–water partition coefficient (Wildman–Crippen LogP) is 1.30. The second-order valence-electron chi connectivity index (χ2n) is 5.00. The number of aromatic nitrogens is 3. The molecule has 0 radical (unpaired) electrons. The number of nitrogens with one attached hydrogen (secondary N) is 1. The molecule has 0 saturated carbocycles. The summed E-state index contributed by atoms with van der Waals surface area (Å²) in [5, 5.41) is 4.13. The third kappa shape index (κ3) is 2.99. The van der Waals surface area contributed by atoms with E-state index < -0.39 is 10.0 Å². The minimum Gasteiger partial charge on any atom is -0.363 e. The Labute approximate surface area is 124 Å². The fourth-order valence-electron chi connectivity index (χ4n) is 2.06. The fourth-order valence-corrected chi connectivity index (χ4v) is 3.50. The highest BCUT2D eigenvalue weighted by molar-refractivity contribution is 7.92. The number of aryl methyl sites for hydroxylation is 2. The Morgan fingerprint density at radius 2 is 1.90 bits per heavy atom. The van der Waals surface area contributed by atoms with Crippen molar-refractivity contribution in [2.75, 3.05) is 23.7 Å². The van der Waals surface area contributed by atoms with E-state index in [0.29, 0.717) is 17.2 Å². The Balaban J connectivity index is 2.40. The van der Waals surface area contributed by atoms with Crippen molar-refractivity contribution in [1.29, 1.82) is 0 Å². The quantitative estimate of drug-likeness (QED) is 0.921. The summed E-state index contributed by atoms with van der Waals surface area (Å²) < 4.78 is 29.1. The number of hydrogen-bond donors (Lipinski definition) is 1. The monoisotopic (exact) mass is 309 g/mol. The van der Waals surface area contributed by atoms with Crippen molar-refractivity contribution >= 4 is 21.7 Å². The van der Waals surface area contributed by atoms with Crippen LogP contribution in [0.2, 0.25) is 0 Å². The van der Waals surface area contributed by atoms with Gasteiger partial charge in [0.25, 0.3) is 10.0 Å². The van der Waals surface area contributed by atoms with Gasteiger partial charge in [0.05, 0.1) is 11.4 Å². The average molecular weight is 309 g/mol. The van der Waals surface area contributed by atoms with Crippen LogP contribution >= 0.6 is 0 Å². The van der Waals surface area contributed by atoms with E-state index in [1.165, 1.54) is 0 Å².